The van der Waals surface area contributed by atoms with Crippen LogP contribution in [0.4, 0.5) is 10.1 Å². The first-order chi connectivity index (χ1) is 8.50. The molecule has 5 nitrogen and oxygen atoms in total. The summed E-state index contributed by atoms with van der Waals surface area (Å²) >= 11 is 6.07. The molecule has 1 atom stereocenters. The Balaban J connectivity index is 2.40. The summed E-state index contributed by atoms with van der Waals surface area (Å²) in [5.74, 6) is -0.435. The minimum atomic E-state index is -0.435. The van der Waals surface area contributed by atoms with E-state index in [1.165, 1.54) is 4.80 Å². The van der Waals surface area contributed by atoms with E-state index in [1.807, 2.05) is 18.9 Å². The van der Waals surface area contributed by atoms with Gasteiger partial charge < -0.3 is 4.90 Å². The fraction of sp³-hybridized carbons (Fsp3) is 0.364. The molecule has 3 rings (SSSR count). The second-order valence-electron chi connectivity index (χ2n) is 4.33. The van der Waals surface area contributed by atoms with E-state index in [0.717, 1.165) is 11.9 Å². The van der Waals surface area contributed by atoms with Crippen molar-refractivity contribution in [1.82, 2.24) is 20.0 Å². The Morgan fingerprint density at radius 2 is 2.06 bits per heavy atom. The number of aryl methyl sites for hydroxylation is 1. The summed E-state index contributed by atoms with van der Waals surface area (Å²) in [5, 5.41) is 8.79. The van der Waals surface area contributed by atoms with Gasteiger partial charge in [-0.3, -0.25) is 0 Å². The topological polar surface area (TPSA) is 46.8 Å². The average Bonchev–Trinajstić information content (AvgIpc) is 2.71. The molecule has 0 N–H and O–H groups in total. The first kappa shape index (κ1) is 11.4. The van der Waals surface area contributed by atoms with Gasteiger partial charge in [0.1, 0.15) is 11.4 Å². The first-order valence-corrected chi connectivity index (χ1v) is 5.87. The second kappa shape index (κ2) is 3.65. The van der Waals surface area contributed by atoms with E-state index < -0.39 is 5.82 Å². The molecule has 0 aromatic carbocycles. The summed E-state index contributed by atoms with van der Waals surface area (Å²) in [7, 11) is 3.56. The first-order valence-electron chi connectivity index (χ1n) is 5.49. The zero-order chi connectivity index (χ0) is 13.0. The lowest BCUT2D eigenvalue weighted by atomic mass is 9.99. The summed E-state index contributed by atoms with van der Waals surface area (Å²) in [5.41, 5.74) is 2.23. The fourth-order valence-corrected chi connectivity index (χ4v) is 2.54. The lowest BCUT2D eigenvalue weighted by Crippen LogP contribution is -2.27. The number of hydrogen-bond acceptors (Lipinski definition) is 4. The van der Waals surface area contributed by atoms with Crippen molar-refractivity contribution in [3.8, 4) is 11.3 Å². The molecule has 7 heteroatoms. The molecule has 1 aliphatic heterocycles. The summed E-state index contributed by atoms with van der Waals surface area (Å²) in [6, 6.07) is -0.0256. The molecule has 0 fully saturated rings. The van der Waals surface area contributed by atoms with Crippen LogP contribution in [0.25, 0.3) is 11.3 Å². The molecule has 0 saturated carbocycles. The smallest absolute Gasteiger partial charge is 0.153 e. The second-order valence-corrected chi connectivity index (χ2v) is 4.69. The highest BCUT2D eigenvalue weighted by molar-refractivity contribution is 6.32. The van der Waals surface area contributed by atoms with Gasteiger partial charge in [-0.15, -0.1) is 0 Å². The molecule has 0 aliphatic carbocycles. The van der Waals surface area contributed by atoms with Crippen LogP contribution in [0.2, 0.25) is 5.15 Å². The van der Waals surface area contributed by atoms with Crippen LogP contribution in [0.3, 0.4) is 0 Å². The van der Waals surface area contributed by atoms with Gasteiger partial charge in [0.15, 0.2) is 11.0 Å². The standard InChI is InChI=1S/C11H11ClFN5/c1-5-8-9(16-18(3)15-8)7-6(13)4-14-11(12)10(7)17(5)2/h4-5H,1-3H3. The molecule has 0 bridgehead atoms. The van der Waals surface area contributed by atoms with Crippen molar-refractivity contribution in [2.24, 2.45) is 7.05 Å². The summed E-state index contributed by atoms with van der Waals surface area (Å²) in [6.45, 7) is 1.97. The van der Waals surface area contributed by atoms with Crippen LogP contribution >= 0.6 is 11.6 Å². The molecule has 0 saturated heterocycles. The Bertz CT molecular complexity index is 639. The highest BCUT2D eigenvalue weighted by atomic mass is 35.5. The number of pyridine rings is 1. The van der Waals surface area contributed by atoms with Crippen molar-refractivity contribution in [1.29, 1.82) is 0 Å². The zero-order valence-corrected chi connectivity index (χ0v) is 10.9. The minimum absolute atomic E-state index is 0.0256. The molecule has 0 spiro atoms. The van der Waals surface area contributed by atoms with E-state index in [0.29, 0.717) is 16.9 Å². The van der Waals surface area contributed by atoms with Crippen LogP contribution in [-0.4, -0.2) is 27.0 Å². The number of fused-ring (bicyclic) bond motifs is 3. The molecular formula is C11H11ClFN5. The lowest BCUT2D eigenvalue weighted by Gasteiger charge is -2.32. The van der Waals surface area contributed by atoms with E-state index in [9.17, 15) is 4.39 Å². The highest BCUT2D eigenvalue weighted by Crippen LogP contribution is 2.45. The van der Waals surface area contributed by atoms with E-state index in [4.69, 9.17) is 11.6 Å². The Morgan fingerprint density at radius 1 is 1.33 bits per heavy atom. The molecule has 94 valence electrons. The molecule has 1 unspecified atom stereocenters. The van der Waals surface area contributed by atoms with Crippen LogP contribution in [0.1, 0.15) is 18.7 Å². The molecule has 0 radical (unpaired) electrons. The Hall–Kier alpha value is -1.69. The van der Waals surface area contributed by atoms with Crippen LogP contribution in [0, 0.1) is 5.82 Å². The lowest BCUT2D eigenvalue weighted by molar-refractivity contribution is 0.614. The summed E-state index contributed by atoms with van der Waals surface area (Å²) < 4.78 is 14.0. The number of aromatic nitrogens is 4. The van der Waals surface area contributed by atoms with Crippen LogP contribution in [0.5, 0.6) is 0 Å². The number of nitrogens with zero attached hydrogens (tertiary/aromatic N) is 5. The third-order valence-electron chi connectivity index (χ3n) is 3.27. The summed E-state index contributed by atoms with van der Waals surface area (Å²) in [4.78, 5) is 7.16. The fourth-order valence-electron chi connectivity index (χ4n) is 2.26. The molecule has 2 aromatic rings. The van der Waals surface area contributed by atoms with E-state index in [1.54, 1.807) is 7.05 Å². The predicted molar refractivity (Wildman–Crippen MR) is 66.0 cm³/mol. The van der Waals surface area contributed by atoms with Gasteiger partial charge in [-0.05, 0) is 6.92 Å². The maximum Gasteiger partial charge on any atom is 0.153 e. The Labute approximate surface area is 108 Å². The van der Waals surface area contributed by atoms with Gasteiger partial charge >= 0.3 is 0 Å². The van der Waals surface area contributed by atoms with Gasteiger partial charge in [0.2, 0.25) is 0 Å². The largest absolute Gasteiger partial charge is 0.363 e. The maximum absolute atomic E-state index is 14.0. The van der Waals surface area contributed by atoms with E-state index in [2.05, 4.69) is 15.2 Å². The normalized spacial score (nSPS) is 17.6. The minimum Gasteiger partial charge on any atom is -0.363 e. The van der Waals surface area contributed by atoms with Gasteiger partial charge in [0.05, 0.1) is 23.5 Å². The molecular weight excluding hydrogens is 257 g/mol. The van der Waals surface area contributed by atoms with Gasteiger partial charge in [-0.1, -0.05) is 11.6 Å². The number of anilines is 1. The van der Waals surface area contributed by atoms with Crippen molar-refractivity contribution in [2.45, 2.75) is 13.0 Å². The van der Waals surface area contributed by atoms with Crippen molar-refractivity contribution in [2.75, 3.05) is 11.9 Å². The third kappa shape index (κ3) is 1.35. The molecule has 3 heterocycles. The highest BCUT2D eigenvalue weighted by Gasteiger charge is 2.34. The molecule has 1 aliphatic rings. The van der Waals surface area contributed by atoms with Crippen LogP contribution in [-0.2, 0) is 7.05 Å². The zero-order valence-electron chi connectivity index (χ0n) is 10.1. The monoisotopic (exact) mass is 267 g/mol. The van der Waals surface area contributed by atoms with Gasteiger partial charge in [-0.25, -0.2) is 9.37 Å². The van der Waals surface area contributed by atoms with Gasteiger partial charge in [0, 0.05) is 14.1 Å². The third-order valence-corrected chi connectivity index (χ3v) is 3.54. The van der Waals surface area contributed by atoms with Crippen molar-refractivity contribution >= 4 is 17.3 Å². The maximum atomic E-state index is 14.0. The molecule has 18 heavy (non-hydrogen) atoms. The summed E-state index contributed by atoms with van der Waals surface area (Å²) in [6.07, 6.45) is 1.11. The van der Waals surface area contributed by atoms with Crippen molar-refractivity contribution < 1.29 is 4.39 Å². The quantitative estimate of drug-likeness (QED) is 0.687. The predicted octanol–water partition coefficient (Wildman–Crippen LogP) is 2.18. The van der Waals surface area contributed by atoms with Crippen LogP contribution < -0.4 is 4.90 Å². The van der Waals surface area contributed by atoms with E-state index >= 15 is 0 Å². The van der Waals surface area contributed by atoms with E-state index in [-0.39, 0.29) is 11.2 Å². The Kier molecular flexibility index (Phi) is 2.31. The van der Waals surface area contributed by atoms with Gasteiger partial charge in [0.25, 0.3) is 0 Å². The number of hydrogen-bond donors (Lipinski definition) is 0. The van der Waals surface area contributed by atoms with Gasteiger partial charge in [-0.2, -0.15) is 15.0 Å². The molecule has 0 amide bonds. The van der Waals surface area contributed by atoms with Crippen molar-refractivity contribution in [3.05, 3.63) is 22.9 Å². The van der Waals surface area contributed by atoms with Crippen molar-refractivity contribution in [3.63, 3.8) is 0 Å². The van der Waals surface area contributed by atoms with Crippen LogP contribution in [0.15, 0.2) is 6.20 Å². The Morgan fingerprint density at radius 3 is 2.78 bits per heavy atom. The SMILES string of the molecule is CC1c2nn(C)nc2-c2c(F)cnc(Cl)c2N1C. The number of rotatable bonds is 0. The molecule has 2 aromatic heterocycles. The average molecular weight is 268 g/mol. The number of halogens is 2.